The fraction of sp³-hybridized carbons (Fsp3) is 0.200. The van der Waals surface area contributed by atoms with E-state index in [9.17, 15) is 4.79 Å². The van der Waals surface area contributed by atoms with Gasteiger partial charge in [-0.2, -0.15) is 0 Å². The molecule has 0 aliphatic heterocycles. The summed E-state index contributed by atoms with van der Waals surface area (Å²) < 4.78 is 0. The number of hydrogen-bond acceptors (Lipinski definition) is 4. The number of benzene rings is 1. The predicted octanol–water partition coefficient (Wildman–Crippen LogP) is 4.14. The minimum atomic E-state index is -0.0641. The Morgan fingerprint density at radius 1 is 1.22 bits per heavy atom. The SMILES string of the molecule is C[C@@H](c1nc2scc(-c3cccs3)c2c(=O)[nH]1)[NH+](C)Cc1ccc(Cl)cc1. The minimum absolute atomic E-state index is 0.0602. The van der Waals surface area contributed by atoms with Crippen LogP contribution in [0.3, 0.4) is 0 Å². The van der Waals surface area contributed by atoms with Crippen molar-refractivity contribution in [3.05, 3.63) is 73.9 Å². The first kappa shape index (κ1) is 18.4. The Morgan fingerprint density at radius 3 is 2.70 bits per heavy atom. The zero-order chi connectivity index (χ0) is 19.0. The molecule has 0 saturated heterocycles. The molecule has 4 nitrogen and oxygen atoms in total. The second kappa shape index (κ2) is 7.56. The highest BCUT2D eigenvalue weighted by Gasteiger charge is 2.21. The van der Waals surface area contributed by atoms with E-state index in [2.05, 4.69) is 19.0 Å². The molecule has 0 aliphatic rings. The van der Waals surface area contributed by atoms with E-state index in [1.807, 2.05) is 47.2 Å². The maximum absolute atomic E-state index is 12.8. The monoisotopic (exact) mass is 416 g/mol. The summed E-state index contributed by atoms with van der Waals surface area (Å²) in [6, 6.07) is 12.0. The summed E-state index contributed by atoms with van der Waals surface area (Å²) in [5.74, 6) is 0.721. The molecule has 0 amide bonds. The van der Waals surface area contributed by atoms with Gasteiger partial charge in [0.2, 0.25) is 0 Å². The number of nitrogens with zero attached hydrogens (tertiary/aromatic N) is 1. The molecule has 7 heteroatoms. The third-order valence-electron chi connectivity index (χ3n) is 4.79. The number of hydrogen-bond donors (Lipinski definition) is 2. The van der Waals surface area contributed by atoms with E-state index in [4.69, 9.17) is 16.6 Å². The van der Waals surface area contributed by atoms with Crippen LogP contribution < -0.4 is 10.5 Å². The van der Waals surface area contributed by atoms with Crippen LogP contribution in [0.25, 0.3) is 20.7 Å². The summed E-state index contributed by atoms with van der Waals surface area (Å²) in [6.45, 7) is 2.91. The molecule has 1 unspecified atom stereocenters. The summed E-state index contributed by atoms with van der Waals surface area (Å²) in [5.41, 5.74) is 2.11. The lowest BCUT2D eigenvalue weighted by Crippen LogP contribution is -3.07. The molecule has 138 valence electrons. The Hall–Kier alpha value is -1.99. The lowest BCUT2D eigenvalue weighted by atomic mass is 10.1. The fourth-order valence-corrected chi connectivity index (χ4v) is 4.99. The molecule has 0 saturated carbocycles. The van der Waals surface area contributed by atoms with Gasteiger partial charge in [0.05, 0.1) is 12.4 Å². The molecule has 0 fully saturated rings. The molecule has 0 bridgehead atoms. The second-order valence-corrected chi connectivity index (χ2v) is 8.87. The van der Waals surface area contributed by atoms with Crippen LogP contribution in [0.15, 0.2) is 52.0 Å². The normalized spacial score (nSPS) is 13.7. The summed E-state index contributed by atoms with van der Waals surface area (Å²) in [5, 5.41) is 5.47. The Labute approximate surface area is 170 Å². The highest BCUT2D eigenvalue weighted by molar-refractivity contribution is 7.18. The largest absolute Gasteiger partial charge is 0.325 e. The van der Waals surface area contributed by atoms with Crippen LogP contribution in [-0.2, 0) is 6.54 Å². The van der Waals surface area contributed by atoms with Crippen molar-refractivity contribution in [3.8, 4) is 10.4 Å². The molecule has 27 heavy (non-hydrogen) atoms. The molecular weight excluding hydrogens is 398 g/mol. The quantitative estimate of drug-likeness (QED) is 0.513. The lowest BCUT2D eigenvalue weighted by molar-refractivity contribution is -0.924. The number of aromatic nitrogens is 2. The first-order valence-corrected chi connectivity index (χ1v) is 10.8. The van der Waals surface area contributed by atoms with Crippen LogP contribution in [0.5, 0.6) is 0 Å². The molecular formula is C20H19ClN3OS2+. The van der Waals surface area contributed by atoms with Gasteiger partial charge in [0, 0.05) is 26.4 Å². The summed E-state index contributed by atoms with van der Waals surface area (Å²) in [6.07, 6.45) is 0. The molecule has 3 aromatic heterocycles. The molecule has 0 spiro atoms. The van der Waals surface area contributed by atoms with Gasteiger partial charge >= 0.3 is 0 Å². The van der Waals surface area contributed by atoms with Crippen molar-refractivity contribution in [1.29, 1.82) is 0 Å². The van der Waals surface area contributed by atoms with E-state index in [1.54, 1.807) is 11.3 Å². The Morgan fingerprint density at radius 2 is 2.00 bits per heavy atom. The molecule has 1 aromatic carbocycles. The molecule has 2 atom stereocenters. The first-order valence-electron chi connectivity index (χ1n) is 8.65. The van der Waals surface area contributed by atoms with Gasteiger partial charge in [-0.05, 0) is 30.5 Å². The molecule has 4 rings (SSSR count). The van der Waals surface area contributed by atoms with E-state index >= 15 is 0 Å². The van der Waals surface area contributed by atoms with Gasteiger partial charge in [-0.1, -0.05) is 29.8 Å². The number of H-pyrrole nitrogens is 1. The Bertz CT molecular complexity index is 1120. The first-order chi connectivity index (χ1) is 13.0. The molecule has 3 heterocycles. The van der Waals surface area contributed by atoms with Crippen LogP contribution in [0.1, 0.15) is 24.4 Å². The smallest absolute Gasteiger partial charge is 0.260 e. The van der Waals surface area contributed by atoms with Crippen LogP contribution in [0, 0.1) is 0 Å². The van der Waals surface area contributed by atoms with Crippen molar-refractivity contribution in [2.75, 3.05) is 7.05 Å². The fourth-order valence-electron chi connectivity index (χ4n) is 3.09. The van der Waals surface area contributed by atoms with Crippen LogP contribution >= 0.6 is 34.3 Å². The average molecular weight is 417 g/mol. The number of aromatic amines is 1. The van der Waals surface area contributed by atoms with Crippen LogP contribution in [-0.4, -0.2) is 17.0 Å². The van der Waals surface area contributed by atoms with Crippen LogP contribution in [0.4, 0.5) is 0 Å². The van der Waals surface area contributed by atoms with E-state index < -0.39 is 0 Å². The number of halogens is 1. The molecule has 0 aliphatic carbocycles. The zero-order valence-electron chi connectivity index (χ0n) is 15.0. The van der Waals surface area contributed by atoms with Crippen molar-refractivity contribution < 1.29 is 4.90 Å². The number of fused-ring (bicyclic) bond motifs is 1. The lowest BCUT2D eigenvalue weighted by Gasteiger charge is -2.21. The predicted molar refractivity (Wildman–Crippen MR) is 114 cm³/mol. The number of quaternary nitrogens is 1. The van der Waals surface area contributed by atoms with Crippen molar-refractivity contribution in [2.45, 2.75) is 19.5 Å². The standard InChI is InChI=1S/C20H18ClN3OS2/c1-12(24(2)10-13-5-7-14(21)8-6-13)18-22-19(25)17-15(11-27-20(17)23-18)16-4-3-9-26-16/h3-9,11-12H,10H2,1-2H3,(H,22,23,25)/p+1/t12-/m0/s1. The third-order valence-corrected chi connectivity index (χ3v) is 6.82. The number of rotatable bonds is 5. The minimum Gasteiger partial charge on any atom is -0.325 e. The van der Waals surface area contributed by atoms with Gasteiger partial charge < -0.3 is 9.88 Å². The van der Waals surface area contributed by atoms with E-state index in [1.165, 1.54) is 21.8 Å². The van der Waals surface area contributed by atoms with Gasteiger partial charge in [0.1, 0.15) is 17.4 Å². The van der Waals surface area contributed by atoms with E-state index in [0.717, 1.165) is 32.7 Å². The van der Waals surface area contributed by atoms with Gasteiger partial charge in [0.15, 0.2) is 5.82 Å². The van der Waals surface area contributed by atoms with Crippen molar-refractivity contribution in [3.63, 3.8) is 0 Å². The van der Waals surface area contributed by atoms with E-state index in [0.29, 0.717) is 5.39 Å². The van der Waals surface area contributed by atoms with Gasteiger partial charge in [-0.3, -0.25) is 4.79 Å². The Balaban J connectivity index is 1.63. The molecule has 2 N–H and O–H groups in total. The zero-order valence-corrected chi connectivity index (χ0v) is 17.3. The van der Waals surface area contributed by atoms with Gasteiger partial charge in [-0.25, -0.2) is 4.98 Å². The highest BCUT2D eigenvalue weighted by atomic mass is 35.5. The summed E-state index contributed by atoms with van der Waals surface area (Å²) >= 11 is 9.13. The number of thiophene rings is 2. The third kappa shape index (κ3) is 3.71. The van der Waals surface area contributed by atoms with Crippen molar-refractivity contribution in [2.24, 2.45) is 0 Å². The summed E-state index contributed by atoms with van der Waals surface area (Å²) in [4.78, 5) is 23.7. The van der Waals surface area contributed by atoms with Crippen molar-refractivity contribution in [1.82, 2.24) is 9.97 Å². The molecule has 0 radical (unpaired) electrons. The second-order valence-electron chi connectivity index (χ2n) is 6.63. The van der Waals surface area contributed by atoms with Gasteiger partial charge in [0.25, 0.3) is 5.56 Å². The van der Waals surface area contributed by atoms with Gasteiger partial charge in [-0.15, -0.1) is 22.7 Å². The summed E-state index contributed by atoms with van der Waals surface area (Å²) in [7, 11) is 2.11. The topological polar surface area (TPSA) is 50.2 Å². The molecule has 4 aromatic rings. The maximum atomic E-state index is 12.8. The van der Waals surface area contributed by atoms with Crippen LogP contribution in [0.2, 0.25) is 5.02 Å². The number of nitrogens with one attached hydrogen (secondary N) is 2. The highest BCUT2D eigenvalue weighted by Crippen LogP contribution is 2.33. The Kier molecular flexibility index (Phi) is 5.14. The average Bonchev–Trinajstić information content (AvgIpc) is 3.32. The van der Waals surface area contributed by atoms with Crippen molar-refractivity contribution >= 4 is 44.5 Å². The maximum Gasteiger partial charge on any atom is 0.260 e. The van der Waals surface area contributed by atoms with E-state index in [-0.39, 0.29) is 11.6 Å².